The SMILES string of the molecule is CC1CN(C(=O)/C=C/c2ccc(C3CC3C)o2)CC(c2ccccc2)O1. The number of hydrogen-bond donors (Lipinski definition) is 0. The fourth-order valence-electron chi connectivity index (χ4n) is 3.62. The maximum atomic E-state index is 12.6. The van der Waals surface area contributed by atoms with Gasteiger partial charge in [0.25, 0.3) is 0 Å². The van der Waals surface area contributed by atoms with Crippen molar-refractivity contribution in [3.05, 3.63) is 65.6 Å². The Morgan fingerprint density at radius 1 is 1.12 bits per heavy atom. The summed E-state index contributed by atoms with van der Waals surface area (Å²) in [6.07, 6.45) is 4.51. The first kappa shape index (κ1) is 17.1. The van der Waals surface area contributed by atoms with E-state index in [1.165, 1.54) is 6.42 Å². The summed E-state index contributed by atoms with van der Waals surface area (Å²) in [4.78, 5) is 14.5. The van der Waals surface area contributed by atoms with Crippen molar-refractivity contribution < 1.29 is 13.9 Å². The predicted octanol–water partition coefficient (Wildman–Crippen LogP) is 4.40. The molecule has 4 atom stereocenters. The molecule has 2 heterocycles. The van der Waals surface area contributed by atoms with Crippen molar-refractivity contribution in [1.82, 2.24) is 4.90 Å². The van der Waals surface area contributed by atoms with Crippen LogP contribution in [0.3, 0.4) is 0 Å². The van der Waals surface area contributed by atoms with Crippen LogP contribution in [-0.2, 0) is 9.53 Å². The fraction of sp³-hybridized carbons (Fsp3) is 0.409. The van der Waals surface area contributed by atoms with E-state index in [2.05, 4.69) is 6.92 Å². The Balaban J connectivity index is 1.41. The van der Waals surface area contributed by atoms with Crippen LogP contribution in [-0.4, -0.2) is 30.0 Å². The van der Waals surface area contributed by atoms with Crippen molar-refractivity contribution in [3.8, 4) is 0 Å². The summed E-state index contributed by atoms with van der Waals surface area (Å²) < 4.78 is 11.9. The Bertz CT molecular complexity index is 795. The molecule has 1 saturated carbocycles. The molecule has 26 heavy (non-hydrogen) atoms. The highest BCUT2D eigenvalue weighted by Crippen LogP contribution is 2.47. The molecule has 2 aliphatic rings. The van der Waals surface area contributed by atoms with Crippen molar-refractivity contribution in [2.24, 2.45) is 5.92 Å². The molecule has 1 aliphatic heterocycles. The summed E-state index contributed by atoms with van der Waals surface area (Å²) in [6.45, 7) is 5.42. The summed E-state index contributed by atoms with van der Waals surface area (Å²) in [5.41, 5.74) is 1.11. The summed E-state index contributed by atoms with van der Waals surface area (Å²) >= 11 is 0. The molecule has 1 saturated heterocycles. The lowest BCUT2D eigenvalue weighted by Crippen LogP contribution is -2.45. The van der Waals surface area contributed by atoms with E-state index in [9.17, 15) is 4.79 Å². The number of rotatable bonds is 4. The van der Waals surface area contributed by atoms with Gasteiger partial charge in [0.15, 0.2) is 0 Å². The number of nitrogens with zero attached hydrogens (tertiary/aromatic N) is 1. The Morgan fingerprint density at radius 2 is 1.88 bits per heavy atom. The molecule has 4 unspecified atom stereocenters. The highest BCUT2D eigenvalue weighted by atomic mass is 16.5. The largest absolute Gasteiger partial charge is 0.461 e. The van der Waals surface area contributed by atoms with Gasteiger partial charge < -0.3 is 14.1 Å². The van der Waals surface area contributed by atoms with Crippen molar-refractivity contribution in [1.29, 1.82) is 0 Å². The third-order valence-electron chi connectivity index (χ3n) is 5.26. The van der Waals surface area contributed by atoms with E-state index in [-0.39, 0.29) is 18.1 Å². The number of amides is 1. The lowest BCUT2D eigenvalue weighted by molar-refractivity contribution is -0.139. The van der Waals surface area contributed by atoms with Crippen molar-refractivity contribution in [2.75, 3.05) is 13.1 Å². The number of benzene rings is 1. The van der Waals surface area contributed by atoms with Gasteiger partial charge in [0, 0.05) is 18.5 Å². The number of carbonyl (C=O) groups is 1. The van der Waals surface area contributed by atoms with E-state index in [0.29, 0.717) is 24.9 Å². The molecule has 1 aliphatic carbocycles. The van der Waals surface area contributed by atoms with Crippen LogP contribution >= 0.6 is 0 Å². The van der Waals surface area contributed by atoms with E-state index in [4.69, 9.17) is 9.15 Å². The molecule has 2 fully saturated rings. The Morgan fingerprint density at radius 3 is 2.62 bits per heavy atom. The molecule has 136 valence electrons. The average Bonchev–Trinajstić information content (AvgIpc) is 3.20. The molecule has 0 bridgehead atoms. The second kappa shape index (κ2) is 7.12. The zero-order chi connectivity index (χ0) is 18.1. The molecule has 2 aromatic rings. The predicted molar refractivity (Wildman–Crippen MR) is 101 cm³/mol. The monoisotopic (exact) mass is 351 g/mol. The zero-order valence-electron chi connectivity index (χ0n) is 15.3. The first-order chi connectivity index (χ1) is 12.6. The lowest BCUT2D eigenvalue weighted by atomic mass is 10.1. The van der Waals surface area contributed by atoms with Crippen LogP contribution in [0.25, 0.3) is 6.08 Å². The molecular weight excluding hydrogens is 326 g/mol. The molecule has 0 N–H and O–H groups in total. The lowest BCUT2D eigenvalue weighted by Gasteiger charge is -2.36. The Hall–Kier alpha value is -2.33. The van der Waals surface area contributed by atoms with Crippen LogP contribution in [0, 0.1) is 5.92 Å². The molecule has 0 radical (unpaired) electrons. The van der Waals surface area contributed by atoms with Crippen LogP contribution in [0.15, 0.2) is 53.0 Å². The number of morpholine rings is 1. The van der Waals surface area contributed by atoms with Gasteiger partial charge in [-0.05, 0) is 43.0 Å². The van der Waals surface area contributed by atoms with Crippen LogP contribution in [0.2, 0.25) is 0 Å². The first-order valence-electron chi connectivity index (χ1n) is 9.37. The Labute approximate surface area is 154 Å². The van der Waals surface area contributed by atoms with Gasteiger partial charge in [0.05, 0.1) is 12.6 Å². The summed E-state index contributed by atoms with van der Waals surface area (Å²) in [5, 5.41) is 0. The highest BCUT2D eigenvalue weighted by Gasteiger charge is 2.36. The van der Waals surface area contributed by atoms with Gasteiger partial charge in [-0.2, -0.15) is 0 Å². The normalized spacial score (nSPS) is 28.5. The minimum absolute atomic E-state index is 0.00109. The standard InChI is InChI=1S/C22H25NO3/c1-15-12-19(15)20-10-8-18(26-20)9-11-22(24)23-13-16(2)25-21(14-23)17-6-4-3-5-7-17/h3-11,15-16,19,21H,12-14H2,1-2H3/b11-9+. The van der Waals surface area contributed by atoms with Gasteiger partial charge in [-0.15, -0.1) is 0 Å². The van der Waals surface area contributed by atoms with Gasteiger partial charge in [-0.1, -0.05) is 37.3 Å². The van der Waals surface area contributed by atoms with E-state index in [0.717, 1.165) is 17.1 Å². The summed E-state index contributed by atoms with van der Waals surface area (Å²) in [7, 11) is 0. The maximum absolute atomic E-state index is 12.6. The minimum Gasteiger partial charge on any atom is -0.461 e. The van der Waals surface area contributed by atoms with Crippen LogP contribution in [0.4, 0.5) is 0 Å². The molecule has 0 spiro atoms. The quantitative estimate of drug-likeness (QED) is 0.767. The first-order valence-corrected chi connectivity index (χ1v) is 9.37. The number of furan rings is 1. The molecule has 1 amide bonds. The molecule has 4 heteroatoms. The topological polar surface area (TPSA) is 42.7 Å². The minimum atomic E-state index is -0.0798. The van der Waals surface area contributed by atoms with Gasteiger partial charge in [0.1, 0.15) is 17.6 Å². The smallest absolute Gasteiger partial charge is 0.246 e. The molecular formula is C22H25NO3. The Kier molecular flexibility index (Phi) is 4.68. The number of ether oxygens (including phenoxy) is 1. The molecule has 1 aromatic heterocycles. The van der Waals surface area contributed by atoms with E-state index in [1.54, 1.807) is 12.2 Å². The summed E-state index contributed by atoms with van der Waals surface area (Å²) in [5.74, 6) is 3.05. The highest BCUT2D eigenvalue weighted by molar-refractivity contribution is 5.91. The second-order valence-corrected chi connectivity index (χ2v) is 7.48. The fourth-order valence-corrected chi connectivity index (χ4v) is 3.62. The van der Waals surface area contributed by atoms with Crippen molar-refractivity contribution >= 4 is 12.0 Å². The van der Waals surface area contributed by atoms with E-state index >= 15 is 0 Å². The molecule has 1 aromatic carbocycles. The molecule has 4 nitrogen and oxygen atoms in total. The van der Waals surface area contributed by atoms with Crippen molar-refractivity contribution in [2.45, 2.75) is 38.4 Å². The number of hydrogen-bond acceptors (Lipinski definition) is 3. The van der Waals surface area contributed by atoms with Gasteiger partial charge in [-0.3, -0.25) is 4.79 Å². The average molecular weight is 351 g/mol. The third-order valence-corrected chi connectivity index (χ3v) is 5.26. The summed E-state index contributed by atoms with van der Waals surface area (Å²) in [6, 6.07) is 14.0. The zero-order valence-corrected chi connectivity index (χ0v) is 15.3. The second-order valence-electron chi connectivity index (χ2n) is 7.48. The van der Waals surface area contributed by atoms with Gasteiger partial charge in [0.2, 0.25) is 5.91 Å². The number of carbonyl (C=O) groups excluding carboxylic acids is 1. The van der Waals surface area contributed by atoms with Crippen LogP contribution in [0.1, 0.15) is 49.4 Å². The van der Waals surface area contributed by atoms with Crippen molar-refractivity contribution in [3.63, 3.8) is 0 Å². The van der Waals surface area contributed by atoms with E-state index in [1.807, 2.05) is 54.3 Å². The van der Waals surface area contributed by atoms with Gasteiger partial charge >= 0.3 is 0 Å². The van der Waals surface area contributed by atoms with Gasteiger partial charge in [-0.25, -0.2) is 0 Å². The van der Waals surface area contributed by atoms with Crippen LogP contribution < -0.4 is 0 Å². The van der Waals surface area contributed by atoms with Crippen LogP contribution in [0.5, 0.6) is 0 Å². The third kappa shape index (κ3) is 3.75. The van der Waals surface area contributed by atoms with E-state index < -0.39 is 0 Å². The molecule has 4 rings (SSSR count). The maximum Gasteiger partial charge on any atom is 0.246 e.